The van der Waals surface area contributed by atoms with Gasteiger partial charge in [0.1, 0.15) is 12.8 Å². The van der Waals surface area contributed by atoms with Crippen LogP contribution in [0.4, 0.5) is 0 Å². The molecule has 3 heteroatoms. The molecule has 2 aliphatic heterocycles. The van der Waals surface area contributed by atoms with E-state index in [1.165, 1.54) is 0 Å². The molecule has 0 aromatic carbocycles. The van der Waals surface area contributed by atoms with Gasteiger partial charge in [0.15, 0.2) is 0 Å². The number of hydrogen-bond donors (Lipinski definition) is 1. The highest BCUT2D eigenvalue weighted by atomic mass is 79.9. The van der Waals surface area contributed by atoms with Gasteiger partial charge in [-0.1, -0.05) is 12.2 Å². The molecule has 0 unspecified atom stereocenters. The van der Waals surface area contributed by atoms with E-state index in [4.69, 9.17) is 0 Å². The molecule has 0 saturated carbocycles. The lowest BCUT2D eigenvalue weighted by Crippen LogP contribution is -3.00. The Morgan fingerprint density at radius 3 is 3.09 bits per heavy atom. The molecule has 0 aliphatic carbocycles. The first-order chi connectivity index (χ1) is 4.97. The van der Waals surface area contributed by atoms with E-state index in [2.05, 4.69) is 22.2 Å². The maximum Gasteiger partial charge on any atom is 0.279 e. The highest BCUT2D eigenvalue weighted by Gasteiger charge is 2.17. The lowest BCUT2D eigenvalue weighted by Gasteiger charge is -2.00. The zero-order valence-electron chi connectivity index (χ0n) is 6.00. The number of allylic oxidation sites excluding steroid dienone is 4. The van der Waals surface area contributed by atoms with E-state index in [0.717, 1.165) is 12.4 Å². The highest BCUT2D eigenvalue weighted by Crippen LogP contribution is 2.02. The molecule has 0 amide bonds. The van der Waals surface area contributed by atoms with Crippen molar-refractivity contribution in [2.75, 3.05) is 6.54 Å². The zero-order valence-corrected chi connectivity index (χ0v) is 7.58. The van der Waals surface area contributed by atoms with Gasteiger partial charge in [0.2, 0.25) is 0 Å². The third kappa shape index (κ3) is 1.60. The fraction of sp³-hybridized carbons (Fsp3) is 0.125. The van der Waals surface area contributed by atoms with Crippen LogP contribution in [0, 0.1) is 0 Å². The molecule has 0 aromatic rings. The van der Waals surface area contributed by atoms with E-state index in [9.17, 15) is 0 Å². The normalized spacial score (nSPS) is 18.9. The van der Waals surface area contributed by atoms with Crippen molar-refractivity contribution < 1.29 is 22.0 Å². The van der Waals surface area contributed by atoms with E-state index in [-0.39, 0.29) is 17.0 Å². The van der Waals surface area contributed by atoms with Crippen LogP contribution in [0.3, 0.4) is 0 Å². The van der Waals surface area contributed by atoms with Crippen molar-refractivity contribution in [2.45, 2.75) is 0 Å². The van der Waals surface area contributed by atoms with Gasteiger partial charge in [-0.3, -0.25) is 0 Å². The maximum atomic E-state index is 3.16. The fourth-order valence-corrected chi connectivity index (χ4v) is 1.08. The van der Waals surface area contributed by atoms with Crippen molar-refractivity contribution in [1.82, 2.24) is 4.90 Å². The molecule has 1 N–H and O–H groups in total. The smallest absolute Gasteiger partial charge is 0.279 e. The zero-order chi connectivity index (χ0) is 6.81. The first-order valence-electron chi connectivity index (χ1n) is 3.37. The van der Waals surface area contributed by atoms with E-state index < -0.39 is 0 Å². The quantitative estimate of drug-likeness (QED) is 0.439. The van der Waals surface area contributed by atoms with E-state index in [1.807, 2.05) is 24.4 Å². The van der Waals surface area contributed by atoms with Gasteiger partial charge in [-0.2, -0.15) is 0 Å². The molecular formula is C8H9BrN2. The highest BCUT2D eigenvalue weighted by molar-refractivity contribution is 5.56. The molecule has 0 aromatic heterocycles. The Bertz CT molecular complexity index is 251. The molecule has 0 bridgehead atoms. The molecule has 58 valence electrons. The van der Waals surface area contributed by atoms with Gasteiger partial charge in [-0.05, 0) is 6.08 Å². The second-order valence-electron chi connectivity index (χ2n) is 2.28. The van der Waals surface area contributed by atoms with Gasteiger partial charge >= 0.3 is 0 Å². The second kappa shape index (κ2) is 3.53. The van der Waals surface area contributed by atoms with Crippen molar-refractivity contribution in [1.29, 1.82) is 0 Å². The third-order valence-corrected chi connectivity index (χ3v) is 1.59. The van der Waals surface area contributed by atoms with E-state index in [0.29, 0.717) is 0 Å². The van der Waals surface area contributed by atoms with Crippen LogP contribution < -0.4 is 22.0 Å². The Hall–Kier alpha value is -0.830. The summed E-state index contributed by atoms with van der Waals surface area (Å²) in [6.07, 6.45) is 12.2. The molecule has 11 heavy (non-hydrogen) atoms. The Kier molecular flexibility index (Phi) is 2.65. The van der Waals surface area contributed by atoms with Crippen LogP contribution in [-0.2, 0) is 0 Å². The van der Waals surface area contributed by atoms with Crippen molar-refractivity contribution in [3.8, 4) is 0 Å². The Labute approximate surface area is 76.4 Å². The van der Waals surface area contributed by atoms with Crippen LogP contribution >= 0.6 is 0 Å². The van der Waals surface area contributed by atoms with Crippen LogP contribution in [-0.4, -0.2) is 17.7 Å². The number of halogens is 1. The first-order valence-corrected chi connectivity index (χ1v) is 3.37. The predicted octanol–water partition coefficient (Wildman–Crippen LogP) is -3.62. The van der Waals surface area contributed by atoms with Crippen molar-refractivity contribution in [2.24, 2.45) is 0 Å². The first kappa shape index (κ1) is 8.27. The standard InChI is InChI=1S/C8H8N2.BrH/c1-2-4-8-9-5-7-10(8)6-3-1;/h1-6H,7H2;1H. The minimum Gasteiger partial charge on any atom is -1.00 e. The Balaban J connectivity index is 0.000000605. The van der Waals surface area contributed by atoms with Gasteiger partial charge in [0.05, 0.1) is 6.20 Å². The lowest BCUT2D eigenvalue weighted by molar-refractivity contribution is -0.398. The molecule has 2 nitrogen and oxygen atoms in total. The minimum atomic E-state index is 0. The Morgan fingerprint density at radius 2 is 2.18 bits per heavy atom. The number of hydrogen-bond acceptors (Lipinski definition) is 1. The number of nitrogens with one attached hydrogen (secondary N) is 1. The summed E-state index contributed by atoms with van der Waals surface area (Å²) in [5, 5.41) is 0. The molecular weight excluding hydrogens is 204 g/mol. The van der Waals surface area contributed by atoms with Gasteiger partial charge in [0, 0.05) is 6.08 Å². The molecule has 0 atom stereocenters. The van der Waals surface area contributed by atoms with Crippen LogP contribution in [0.2, 0.25) is 0 Å². The number of fused-ring (bicyclic) bond motifs is 1. The largest absolute Gasteiger partial charge is 1.00 e. The van der Waals surface area contributed by atoms with Crippen molar-refractivity contribution >= 4 is 6.21 Å². The van der Waals surface area contributed by atoms with Crippen molar-refractivity contribution in [3.05, 3.63) is 36.3 Å². The fourth-order valence-electron chi connectivity index (χ4n) is 1.08. The van der Waals surface area contributed by atoms with Gasteiger partial charge in [-0.25, -0.2) is 9.89 Å². The maximum absolute atomic E-state index is 3.16. The number of nitrogens with zero attached hydrogens (tertiary/aromatic N) is 1. The molecule has 2 heterocycles. The average Bonchev–Trinajstić information content (AvgIpc) is 2.28. The summed E-state index contributed by atoms with van der Waals surface area (Å²) in [5.41, 5.74) is 0. The van der Waals surface area contributed by atoms with Gasteiger partial charge in [0.25, 0.3) is 5.82 Å². The van der Waals surface area contributed by atoms with Crippen LogP contribution in [0.25, 0.3) is 0 Å². The van der Waals surface area contributed by atoms with Gasteiger partial charge in [-0.15, -0.1) is 0 Å². The lowest BCUT2D eigenvalue weighted by atomic mass is 10.5. The summed E-state index contributed by atoms with van der Waals surface area (Å²) >= 11 is 0. The molecule has 2 aliphatic rings. The monoisotopic (exact) mass is 212 g/mol. The SMILES string of the molecule is C1=CC=C2[NH+]=CCN2C=C1.[Br-]. The topological polar surface area (TPSA) is 17.2 Å². The van der Waals surface area contributed by atoms with Crippen LogP contribution in [0.15, 0.2) is 36.3 Å². The number of rotatable bonds is 0. The summed E-state index contributed by atoms with van der Waals surface area (Å²) in [5.74, 6) is 1.16. The molecule has 2 rings (SSSR count). The summed E-state index contributed by atoms with van der Waals surface area (Å²) < 4.78 is 0. The summed E-state index contributed by atoms with van der Waals surface area (Å²) in [7, 11) is 0. The van der Waals surface area contributed by atoms with E-state index >= 15 is 0 Å². The molecule has 0 fully saturated rings. The van der Waals surface area contributed by atoms with E-state index in [1.54, 1.807) is 0 Å². The van der Waals surface area contributed by atoms with Crippen LogP contribution in [0.1, 0.15) is 0 Å². The predicted molar refractivity (Wildman–Crippen MR) is 40.1 cm³/mol. The van der Waals surface area contributed by atoms with Crippen molar-refractivity contribution in [3.63, 3.8) is 0 Å². The molecule has 0 radical (unpaired) electrons. The Morgan fingerprint density at radius 1 is 1.27 bits per heavy atom. The van der Waals surface area contributed by atoms with Gasteiger partial charge < -0.3 is 17.0 Å². The second-order valence-corrected chi connectivity index (χ2v) is 2.28. The summed E-state index contributed by atoms with van der Waals surface area (Å²) in [6, 6.07) is 0. The average molecular weight is 213 g/mol. The third-order valence-electron chi connectivity index (χ3n) is 1.59. The molecule has 0 spiro atoms. The molecule has 0 saturated heterocycles. The van der Waals surface area contributed by atoms with Crippen LogP contribution in [0.5, 0.6) is 0 Å². The minimum absolute atomic E-state index is 0. The summed E-state index contributed by atoms with van der Waals surface area (Å²) in [6.45, 7) is 0.962. The summed E-state index contributed by atoms with van der Waals surface area (Å²) in [4.78, 5) is 5.31.